The number of benzene rings is 2. The van der Waals surface area contributed by atoms with E-state index in [9.17, 15) is 18.0 Å². The Morgan fingerprint density at radius 3 is 2.45 bits per heavy atom. The fourth-order valence-corrected chi connectivity index (χ4v) is 3.59. The van der Waals surface area contributed by atoms with E-state index in [1.807, 2.05) is 44.2 Å². The topological polar surface area (TPSA) is 67.0 Å². The van der Waals surface area contributed by atoms with Crippen molar-refractivity contribution in [1.29, 1.82) is 0 Å². The number of aromatic nitrogens is 2. The highest BCUT2D eigenvalue weighted by Gasteiger charge is 2.30. The van der Waals surface area contributed by atoms with Crippen LogP contribution in [0, 0.1) is 20.8 Å². The predicted molar refractivity (Wildman–Crippen MR) is 120 cm³/mol. The number of amides is 1. The monoisotopic (exact) mass is 453 g/mol. The SMILES string of the molecule is Cc1nc(NC(=O)c2cc3cc(C(F)(F)F)ccc3[nH]2)c(C)c(C)c1OCc1ccccc1. The molecule has 0 aliphatic rings. The Balaban J connectivity index is 1.55. The molecule has 0 atom stereocenters. The summed E-state index contributed by atoms with van der Waals surface area (Å²) < 4.78 is 44.9. The van der Waals surface area contributed by atoms with Gasteiger partial charge in [-0.15, -0.1) is 0 Å². The summed E-state index contributed by atoms with van der Waals surface area (Å²) in [6.07, 6.45) is -4.45. The summed E-state index contributed by atoms with van der Waals surface area (Å²) in [5, 5.41) is 3.06. The molecule has 2 aromatic heterocycles. The molecule has 2 heterocycles. The highest BCUT2D eigenvalue weighted by Crippen LogP contribution is 2.32. The number of anilines is 1. The summed E-state index contributed by atoms with van der Waals surface area (Å²) >= 11 is 0. The summed E-state index contributed by atoms with van der Waals surface area (Å²) in [6.45, 7) is 5.91. The number of pyridine rings is 1. The zero-order chi connectivity index (χ0) is 23.8. The summed E-state index contributed by atoms with van der Waals surface area (Å²) in [5.41, 5.74) is 3.05. The summed E-state index contributed by atoms with van der Waals surface area (Å²) in [5.74, 6) is 0.531. The van der Waals surface area contributed by atoms with Gasteiger partial charge in [0.1, 0.15) is 23.9 Å². The molecule has 0 fully saturated rings. The van der Waals surface area contributed by atoms with Crippen LogP contribution in [-0.4, -0.2) is 15.9 Å². The number of halogens is 3. The van der Waals surface area contributed by atoms with Crippen molar-refractivity contribution in [2.45, 2.75) is 33.6 Å². The van der Waals surface area contributed by atoms with Crippen molar-refractivity contribution >= 4 is 22.6 Å². The van der Waals surface area contributed by atoms with Crippen LogP contribution in [0.25, 0.3) is 10.9 Å². The molecule has 5 nitrogen and oxygen atoms in total. The third-order valence-electron chi connectivity index (χ3n) is 5.52. The molecular formula is C25H22F3N3O2. The van der Waals surface area contributed by atoms with Gasteiger partial charge in [0.2, 0.25) is 0 Å². The van der Waals surface area contributed by atoms with E-state index in [1.165, 1.54) is 12.1 Å². The molecule has 8 heteroatoms. The molecule has 0 radical (unpaired) electrons. The number of aryl methyl sites for hydroxylation is 1. The van der Waals surface area contributed by atoms with E-state index >= 15 is 0 Å². The van der Waals surface area contributed by atoms with Gasteiger partial charge in [-0.3, -0.25) is 4.79 Å². The maximum atomic E-state index is 13.0. The van der Waals surface area contributed by atoms with Crippen molar-refractivity contribution in [3.05, 3.63) is 88.2 Å². The number of nitrogens with zero attached hydrogens (tertiary/aromatic N) is 1. The van der Waals surface area contributed by atoms with Crippen LogP contribution in [-0.2, 0) is 12.8 Å². The Hall–Kier alpha value is -3.81. The van der Waals surface area contributed by atoms with Crippen molar-refractivity contribution in [2.24, 2.45) is 0 Å². The van der Waals surface area contributed by atoms with E-state index in [1.54, 1.807) is 6.92 Å². The lowest BCUT2D eigenvalue weighted by Gasteiger charge is -2.17. The Morgan fingerprint density at radius 1 is 1.03 bits per heavy atom. The summed E-state index contributed by atoms with van der Waals surface area (Å²) in [6, 6.07) is 14.5. The first-order valence-electron chi connectivity index (χ1n) is 10.3. The normalized spacial score (nSPS) is 11.6. The third-order valence-corrected chi connectivity index (χ3v) is 5.52. The second-order valence-electron chi connectivity index (χ2n) is 7.84. The number of ether oxygens (including phenoxy) is 1. The minimum Gasteiger partial charge on any atom is -0.487 e. The number of rotatable bonds is 5. The van der Waals surface area contributed by atoms with Crippen molar-refractivity contribution in [3.63, 3.8) is 0 Å². The molecule has 2 aromatic carbocycles. The molecule has 0 aliphatic carbocycles. The van der Waals surface area contributed by atoms with E-state index in [4.69, 9.17) is 4.74 Å². The smallest absolute Gasteiger partial charge is 0.416 e. The minimum atomic E-state index is -4.45. The van der Waals surface area contributed by atoms with Crippen molar-refractivity contribution in [3.8, 4) is 5.75 Å². The maximum Gasteiger partial charge on any atom is 0.416 e. The van der Waals surface area contributed by atoms with Crippen molar-refractivity contribution in [2.75, 3.05) is 5.32 Å². The average molecular weight is 453 g/mol. The summed E-state index contributed by atoms with van der Waals surface area (Å²) in [4.78, 5) is 20.2. The van der Waals surface area contributed by atoms with E-state index in [0.717, 1.165) is 28.8 Å². The standard InChI is InChI=1S/C25H22F3N3O2/c1-14-15(2)23(29-16(3)22(14)33-13-17-7-5-4-6-8-17)31-24(32)21-12-18-11-19(25(26,27)28)9-10-20(18)30-21/h4-12,30H,13H2,1-3H3,(H,29,31,32). The molecule has 0 saturated carbocycles. The number of H-pyrrole nitrogens is 1. The first-order chi connectivity index (χ1) is 15.6. The molecule has 0 unspecified atom stereocenters. The van der Waals surface area contributed by atoms with E-state index in [0.29, 0.717) is 34.8 Å². The number of carbonyl (C=O) groups is 1. The van der Waals surface area contributed by atoms with Gasteiger partial charge in [0.25, 0.3) is 5.91 Å². The second-order valence-corrected chi connectivity index (χ2v) is 7.84. The third kappa shape index (κ3) is 4.69. The van der Waals surface area contributed by atoms with Gasteiger partial charge in [-0.1, -0.05) is 30.3 Å². The van der Waals surface area contributed by atoms with Crippen LogP contribution >= 0.6 is 0 Å². The van der Waals surface area contributed by atoms with Crippen molar-refractivity contribution < 1.29 is 22.7 Å². The zero-order valence-electron chi connectivity index (χ0n) is 18.3. The molecule has 33 heavy (non-hydrogen) atoms. The van der Waals surface area contributed by atoms with Crippen LogP contribution < -0.4 is 10.1 Å². The lowest BCUT2D eigenvalue weighted by atomic mass is 10.1. The molecule has 4 aromatic rings. The molecule has 0 aliphatic heterocycles. The van der Waals surface area contributed by atoms with Crippen LogP contribution in [0.15, 0.2) is 54.6 Å². The zero-order valence-corrected chi connectivity index (χ0v) is 18.3. The average Bonchev–Trinajstić information content (AvgIpc) is 3.21. The largest absolute Gasteiger partial charge is 0.487 e. The Kier molecular flexibility index (Phi) is 5.84. The van der Waals surface area contributed by atoms with Gasteiger partial charge in [0.05, 0.1) is 11.3 Å². The molecule has 0 spiro atoms. The van der Waals surface area contributed by atoms with E-state index in [2.05, 4.69) is 15.3 Å². The van der Waals surface area contributed by atoms with Crippen LogP contribution in [0.4, 0.5) is 19.0 Å². The number of hydrogen-bond acceptors (Lipinski definition) is 3. The Labute approximate surface area is 188 Å². The number of fused-ring (bicyclic) bond motifs is 1. The molecule has 0 saturated heterocycles. The fraction of sp³-hybridized carbons (Fsp3) is 0.200. The molecule has 170 valence electrons. The van der Waals surface area contributed by atoms with E-state index < -0.39 is 17.6 Å². The molecule has 1 amide bonds. The predicted octanol–water partition coefficient (Wildman–Crippen LogP) is 6.34. The number of aromatic amines is 1. The maximum absolute atomic E-state index is 13.0. The Bertz CT molecular complexity index is 1330. The molecular weight excluding hydrogens is 431 g/mol. The highest BCUT2D eigenvalue weighted by molar-refractivity contribution is 6.06. The number of alkyl halides is 3. The van der Waals surface area contributed by atoms with Gasteiger partial charge < -0.3 is 15.0 Å². The minimum absolute atomic E-state index is 0.144. The van der Waals surface area contributed by atoms with Gasteiger partial charge in [-0.2, -0.15) is 13.2 Å². The van der Waals surface area contributed by atoms with Crippen LogP contribution in [0.3, 0.4) is 0 Å². The number of nitrogens with one attached hydrogen (secondary N) is 2. The van der Waals surface area contributed by atoms with Gasteiger partial charge in [-0.05, 0) is 61.7 Å². The lowest BCUT2D eigenvalue weighted by molar-refractivity contribution is -0.137. The van der Waals surface area contributed by atoms with Crippen molar-refractivity contribution in [1.82, 2.24) is 9.97 Å². The second kappa shape index (κ2) is 8.61. The van der Waals surface area contributed by atoms with Gasteiger partial charge in [0.15, 0.2) is 0 Å². The van der Waals surface area contributed by atoms with Crippen LogP contribution in [0.5, 0.6) is 5.75 Å². The number of hydrogen-bond donors (Lipinski definition) is 2. The Morgan fingerprint density at radius 2 is 1.76 bits per heavy atom. The van der Waals surface area contributed by atoms with Gasteiger partial charge >= 0.3 is 6.18 Å². The van der Waals surface area contributed by atoms with Crippen LogP contribution in [0.2, 0.25) is 0 Å². The fourth-order valence-electron chi connectivity index (χ4n) is 3.59. The molecule has 4 rings (SSSR count). The van der Waals surface area contributed by atoms with Gasteiger partial charge in [-0.25, -0.2) is 4.98 Å². The van der Waals surface area contributed by atoms with E-state index in [-0.39, 0.29) is 5.69 Å². The summed E-state index contributed by atoms with van der Waals surface area (Å²) in [7, 11) is 0. The first kappa shape index (κ1) is 22.4. The van der Waals surface area contributed by atoms with Crippen LogP contribution in [0.1, 0.15) is 38.4 Å². The number of carbonyl (C=O) groups excluding carboxylic acids is 1. The highest BCUT2D eigenvalue weighted by atomic mass is 19.4. The lowest BCUT2D eigenvalue weighted by Crippen LogP contribution is -2.16. The van der Waals surface area contributed by atoms with Gasteiger partial charge in [0, 0.05) is 10.9 Å². The first-order valence-corrected chi connectivity index (χ1v) is 10.3. The molecule has 0 bridgehead atoms. The molecule has 2 N–H and O–H groups in total. The quantitative estimate of drug-likeness (QED) is 0.371.